The van der Waals surface area contributed by atoms with Gasteiger partial charge in [-0.15, -0.1) is 24.0 Å². The first-order valence-corrected chi connectivity index (χ1v) is 5.96. The van der Waals surface area contributed by atoms with Crippen molar-refractivity contribution >= 4 is 29.9 Å². The summed E-state index contributed by atoms with van der Waals surface area (Å²) in [4.78, 5) is 4.54. The van der Waals surface area contributed by atoms with Gasteiger partial charge >= 0.3 is 0 Å². The predicted molar refractivity (Wildman–Crippen MR) is 78.6 cm³/mol. The lowest BCUT2D eigenvalue weighted by molar-refractivity contribution is 0.0582. The van der Waals surface area contributed by atoms with Gasteiger partial charge in [-0.05, 0) is 26.7 Å². The highest BCUT2D eigenvalue weighted by molar-refractivity contribution is 14.0. The molecule has 1 aliphatic rings. The van der Waals surface area contributed by atoms with Gasteiger partial charge < -0.3 is 15.4 Å². The van der Waals surface area contributed by atoms with E-state index < -0.39 is 0 Å². The first-order chi connectivity index (χ1) is 7.36. The third kappa shape index (κ3) is 6.52. The van der Waals surface area contributed by atoms with Gasteiger partial charge in [0.15, 0.2) is 5.96 Å². The number of nitrogens with zero attached hydrogens (tertiary/aromatic N) is 1. The van der Waals surface area contributed by atoms with Crippen LogP contribution < -0.4 is 10.6 Å². The molecule has 1 atom stereocenters. The van der Waals surface area contributed by atoms with Crippen molar-refractivity contribution in [2.75, 3.05) is 32.8 Å². The van der Waals surface area contributed by atoms with Crippen LogP contribution in [-0.2, 0) is 4.74 Å². The second kappa shape index (κ2) is 10.1. The van der Waals surface area contributed by atoms with Gasteiger partial charge in [0.25, 0.3) is 0 Å². The Balaban J connectivity index is 0.00000225. The summed E-state index contributed by atoms with van der Waals surface area (Å²) in [5.41, 5.74) is 0. The second-order valence-corrected chi connectivity index (χ2v) is 3.83. The summed E-state index contributed by atoms with van der Waals surface area (Å²) >= 11 is 0. The lowest BCUT2D eigenvalue weighted by Gasteiger charge is -2.20. The van der Waals surface area contributed by atoms with Crippen LogP contribution in [0.1, 0.15) is 26.7 Å². The van der Waals surface area contributed by atoms with Crippen molar-refractivity contribution in [3.8, 4) is 0 Å². The Morgan fingerprint density at radius 3 is 2.50 bits per heavy atom. The third-order valence-corrected chi connectivity index (χ3v) is 2.45. The third-order valence-electron chi connectivity index (χ3n) is 2.45. The summed E-state index contributed by atoms with van der Waals surface area (Å²) in [6, 6.07) is 0. The molecule has 16 heavy (non-hydrogen) atoms. The van der Waals surface area contributed by atoms with Crippen LogP contribution in [0.4, 0.5) is 0 Å². The Bertz CT molecular complexity index is 186. The molecule has 2 N–H and O–H groups in total. The van der Waals surface area contributed by atoms with Gasteiger partial charge in [0.2, 0.25) is 0 Å². The molecular formula is C11H24IN3O. The molecule has 0 saturated carbocycles. The summed E-state index contributed by atoms with van der Waals surface area (Å²) in [5.74, 6) is 1.52. The highest BCUT2D eigenvalue weighted by Gasteiger charge is 2.13. The topological polar surface area (TPSA) is 45.7 Å². The molecule has 1 aliphatic heterocycles. The van der Waals surface area contributed by atoms with Crippen molar-refractivity contribution in [1.82, 2.24) is 10.6 Å². The number of halogens is 1. The number of hydrogen-bond acceptors (Lipinski definition) is 2. The Hall–Kier alpha value is -0.0400. The average Bonchev–Trinajstić information content (AvgIpc) is 2.28. The van der Waals surface area contributed by atoms with Crippen LogP contribution in [0.3, 0.4) is 0 Å². The Morgan fingerprint density at radius 1 is 1.31 bits per heavy atom. The molecule has 0 aromatic heterocycles. The number of hydrogen-bond donors (Lipinski definition) is 2. The predicted octanol–water partition coefficient (Wildman–Crippen LogP) is 1.61. The summed E-state index contributed by atoms with van der Waals surface area (Å²) in [6.07, 6.45) is 2.42. The molecule has 1 unspecified atom stereocenters. The van der Waals surface area contributed by atoms with E-state index in [4.69, 9.17) is 4.74 Å². The van der Waals surface area contributed by atoms with Crippen molar-refractivity contribution in [2.45, 2.75) is 26.7 Å². The molecule has 0 aromatic rings. The molecule has 1 saturated heterocycles. The van der Waals surface area contributed by atoms with Crippen LogP contribution in [-0.4, -0.2) is 38.8 Å². The number of aliphatic imine (C=N–C) groups is 1. The van der Waals surface area contributed by atoms with Crippen LogP contribution in [0, 0.1) is 5.92 Å². The number of ether oxygens (including phenoxy) is 1. The zero-order valence-corrected chi connectivity index (χ0v) is 12.6. The van der Waals surface area contributed by atoms with Gasteiger partial charge in [0.1, 0.15) is 0 Å². The smallest absolute Gasteiger partial charge is 0.191 e. The maximum absolute atomic E-state index is 5.42. The molecule has 4 nitrogen and oxygen atoms in total. The molecular weight excluding hydrogens is 317 g/mol. The van der Waals surface area contributed by atoms with Gasteiger partial charge in [0, 0.05) is 32.2 Å². The first kappa shape index (κ1) is 16.0. The summed E-state index contributed by atoms with van der Waals surface area (Å²) in [6.45, 7) is 8.64. The van der Waals surface area contributed by atoms with Crippen molar-refractivity contribution in [3.63, 3.8) is 0 Å². The molecule has 0 spiro atoms. The molecule has 1 heterocycles. The van der Waals surface area contributed by atoms with Crippen LogP contribution in [0.2, 0.25) is 0 Å². The van der Waals surface area contributed by atoms with E-state index in [0.717, 1.165) is 38.8 Å². The van der Waals surface area contributed by atoms with Crippen LogP contribution in [0.5, 0.6) is 0 Å². The zero-order chi connectivity index (χ0) is 10.9. The van der Waals surface area contributed by atoms with E-state index in [1.54, 1.807) is 0 Å². The highest BCUT2D eigenvalue weighted by Crippen LogP contribution is 2.13. The van der Waals surface area contributed by atoms with E-state index in [0.29, 0.717) is 5.92 Å². The van der Waals surface area contributed by atoms with E-state index in [9.17, 15) is 0 Å². The molecule has 0 radical (unpaired) electrons. The zero-order valence-electron chi connectivity index (χ0n) is 10.3. The fourth-order valence-corrected chi connectivity index (χ4v) is 1.68. The summed E-state index contributed by atoms with van der Waals surface area (Å²) in [5, 5.41) is 6.44. The molecule has 96 valence electrons. The van der Waals surface area contributed by atoms with Crippen molar-refractivity contribution in [1.29, 1.82) is 0 Å². The Labute approximate surface area is 116 Å². The van der Waals surface area contributed by atoms with Gasteiger partial charge in [-0.1, -0.05) is 0 Å². The van der Waals surface area contributed by atoms with Crippen molar-refractivity contribution in [3.05, 3.63) is 0 Å². The molecule has 0 amide bonds. The van der Waals surface area contributed by atoms with E-state index in [1.807, 2.05) is 0 Å². The molecule has 1 rings (SSSR count). The minimum Gasteiger partial charge on any atom is -0.381 e. The molecule has 1 fully saturated rings. The van der Waals surface area contributed by atoms with E-state index in [1.165, 1.54) is 12.8 Å². The minimum absolute atomic E-state index is 0. The van der Waals surface area contributed by atoms with Gasteiger partial charge in [-0.2, -0.15) is 0 Å². The Morgan fingerprint density at radius 2 is 2.00 bits per heavy atom. The second-order valence-electron chi connectivity index (χ2n) is 3.83. The summed E-state index contributed by atoms with van der Waals surface area (Å²) in [7, 11) is 0. The molecule has 5 heteroatoms. The summed E-state index contributed by atoms with van der Waals surface area (Å²) < 4.78 is 5.42. The van der Waals surface area contributed by atoms with Crippen molar-refractivity contribution in [2.24, 2.45) is 10.9 Å². The normalized spacial score (nSPS) is 19.5. The molecule has 0 bridgehead atoms. The Kier molecular flexibility index (Phi) is 10.1. The SMILES string of the molecule is CCNC(=NCC1CCCOC1)NCC.I. The fraction of sp³-hybridized carbons (Fsp3) is 0.909. The van der Waals surface area contributed by atoms with Crippen LogP contribution >= 0.6 is 24.0 Å². The van der Waals surface area contributed by atoms with Crippen molar-refractivity contribution < 1.29 is 4.74 Å². The fourth-order valence-electron chi connectivity index (χ4n) is 1.68. The maximum atomic E-state index is 5.42. The van der Waals surface area contributed by atoms with Gasteiger partial charge in [-0.3, -0.25) is 4.99 Å². The van der Waals surface area contributed by atoms with E-state index in [2.05, 4.69) is 29.5 Å². The first-order valence-electron chi connectivity index (χ1n) is 5.96. The highest BCUT2D eigenvalue weighted by atomic mass is 127. The van der Waals surface area contributed by atoms with Gasteiger partial charge in [0.05, 0.1) is 6.61 Å². The maximum Gasteiger partial charge on any atom is 0.191 e. The quantitative estimate of drug-likeness (QED) is 0.464. The number of rotatable bonds is 4. The lowest BCUT2D eigenvalue weighted by atomic mass is 10.0. The standard InChI is InChI=1S/C11H23N3O.HI/c1-3-12-11(13-4-2)14-8-10-6-5-7-15-9-10;/h10H,3-9H2,1-2H3,(H2,12,13,14);1H. The van der Waals surface area contributed by atoms with E-state index >= 15 is 0 Å². The lowest BCUT2D eigenvalue weighted by Crippen LogP contribution is -2.37. The monoisotopic (exact) mass is 341 g/mol. The van der Waals surface area contributed by atoms with E-state index in [-0.39, 0.29) is 24.0 Å². The molecule has 0 aromatic carbocycles. The van der Waals surface area contributed by atoms with Crippen LogP contribution in [0.15, 0.2) is 4.99 Å². The average molecular weight is 341 g/mol. The van der Waals surface area contributed by atoms with Crippen LogP contribution in [0.25, 0.3) is 0 Å². The minimum atomic E-state index is 0. The number of guanidine groups is 1. The van der Waals surface area contributed by atoms with Gasteiger partial charge in [-0.25, -0.2) is 0 Å². The largest absolute Gasteiger partial charge is 0.381 e. The molecule has 0 aliphatic carbocycles. The number of nitrogens with one attached hydrogen (secondary N) is 2.